The van der Waals surface area contributed by atoms with Gasteiger partial charge in [-0.1, -0.05) is 23.7 Å². The fourth-order valence-electron chi connectivity index (χ4n) is 3.81. The number of likely N-dealkylation sites (N-methyl/N-ethyl adjacent to an activating group) is 1. The maximum absolute atomic E-state index is 14.1. The standard InChI is InChI=1S/C23H23ClF2N6O4S/c1-13-12-32(20-6-4-3-5-17(20)26)29-19(13)11-27-22(33)18-10-21(31(2)37(35,36)30-18)23(34)28-14-7-8-16(25)15(24)9-14/h3-9,12,18,21,30H,10-11H2,1-2H3,(H,27,33)(H,28,34). The van der Waals surface area contributed by atoms with Gasteiger partial charge in [-0.05, 0) is 49.2 Å². The number of amides is 2. The van der Waals surface area contributed by atoms with E-state index in [-0.39, 0.29) is 29.4 Å². The number of para-hydroxylation sites is 1. The summed E-state index contributed by atoms with van der Waals surface area (Å²) < 4.78 is 57.2. The molecule has 37 heavy (non-hydrogen) atoms. The van der Waals surface area contributed by atoms with Gasteiger partial charge in [0.05, 0.1) is 17.3 Å². The van der Waals surface area contributed by atoms with Gasteiger partial charge in [-0.2, -0.15) is 22.5 Å². The second kappa shape index (κ2) is 10.5. The third-order valence-electron chi connectivity index (χ3n) is 5.90. The summed E-state index contributed by atoms with van der Waals surface area (Å²) in [4.78, 5) is 25.7. The first-order valence-electron chi connectivity index (χ1n) is 11.0. The van der Waals surface area contributed by atoms with Gasteiger partial charge in [0.1, 0.15) is 29.4 Å². The van der Waals surface area contributed by atoms with E-state index in [1.807, 2.05) is 0 Å². The summed E-state index contributed by atoms with van der Waals surface area (Å²) in [5, 5.41) is 9.22. The Bertz CT molecular complexity index is 1470. The van der Waals surface area contributed by atoms with Crippen LogP contribution >= 0.6 is 11.6 Å². The molecule has 0 saturated carbocycles. The van der Waals surface area contributed by atoms with Crippen molar-refractivity contribution >= 4 is 39.3 Å². The largest absolute Gasteiger partial charge is 0.349 e. The van der Waals surface area contributed by atoms with E-state index >= 15 is 0 Å². The molecule has 2 aromatic carbocycles. The van der Waals surface area contributed by atoms with Gasteiger partial charge in [0.25, 0.3) is 10.2 Å². The van der Waals surface area contributed by atoms with E-state index in [1.165, 1.54) is 29.9 Å². The number of hydrogen-bond acceptors (Lipinski definition) is 5. The molecule has 0 aliphatic carbocycles. The SMILES string of the molecule is Cc1cn(-c2ccccc2F)nc1CNC(=O)C1CC(C(=O)Nc2ccc(F)c(Cl)c2)N(C)S(=O)(=O)N1. The fourth-order valence-corrected chi connectivity index (χ4v) is 5.23. The molecule has 2 amide bonds. The van der Waals surface area contributed by atoms with Crippen LogP contribution in [0.1, 0.15) is 17.7 Å². The lowest BCUT2D eigenvalue weighted by Crippen LogP contribution is -2.62. The van der Waals surface area contributed by atoms with Crippen LogP contribution in [0.4, 0.5) is 14.5 Å². The molecule has 2 unspecified atom stereocenters. The maximum atomic E-state index is 14.1. The molecule has 3 aromatic rings. The fraction of sp³-hybridized carbons (Fsp3) is 0.261. The highest BCUT2D eigenvalue weighted by molar-refractivity contribution is 7.87. The molecule has 10 nitrogen and oxygen atoms in total. The molecule has 196 valence electrons. The quantitative estimate of drug-likeness (QED) is 0.433. The van der Waals surface area contributed by atoms with Gasteiger partial charge in [0.15, 0.2) is 0 Å². The van der Waals surface area contributed by atoms with E-state index in [0.717, 1.165) is 10.4 Å². The number of rotatable bonds is 6. The number of hydrogen-bond donors (Lipinski definition) is 3. The summed E-state index contributed by atoms with van der Waals surface area (Å²) in [7, 11) is -2.97. The van der Waals surface area contributed by atoms with Crippen molar-refractivity contribution in [3.05, 3.63) is 76.6 Å². The highest BCUT2D eigenvalue weighted by Crippen LogP contribution is 2.22. The average Bonchev–Trinajstić information content (AvgIpc) is 3.21. The molecule has 4 rings (SSSR count). The molecule has 0 spiro atoms. The highest BCUT2D eigenvalue weighted by atomic mass is 35.5. The molecular weight excluding hydrogens is 530 g/mol. The van der Waals surface area contributed by atoms with Crippen molar-refractivity contribution in [2.75, 3.05) is 12.4 Å². The van der Waals surface area contributed by atoms with Crippen LogP contribution in [0.25, 0.3) is 5.69 Å². The Labute approximate surface area is 216 Å². The summed E-state index contributed by atoms with van der Waals surface area (Å²) >= 11 is 5.74. The van der Waals surface area contributed by atoms with E-state index in [2.05, 4.69) is 20.5 Å². The van der Waals surface area contributed by atoms with Crippen LogP contribution < -0.4 is 15.4 Å². The van der Waals surface area contributed by atoms with Crippen molar-refractivity contribution in [2.24, 2.45) is 0 Å². The van der Waals surface area contributed by atoms with Crippen molar-refractivity contribution in [1.29, 1.82) is 0 Å². The molecular formula is C23H23ClF2N6O4S. The summed E-state index contributed by atoms with van der Waals surface area (Å²) in [5.74, 6) is -2.52. The van der Waals surface area contributed by atoms with Gasteiger partial charge < -0.3 is 10.6 Å². The summed E-state index contributed by atoms with van der Waals surface area (Å²) in [6.07, 6.45) is 1.44. The summed E-state index contributed by atoms with van der Waals surface area (Å²) in [6.45, 7) is 1.69. The number of carbonyl (C=O) groups excluding carboxylic acids is 2. The molecule has 1 fully saturated rings. The molecule has 1 aliphatic rings. The van der Waals surface area contributed by atoms with Crippen LogP contribution in [0.15, 0.2) is 48.7 Å². The first-order valence-corrected chi connectivity index (χ1v) is 12.9. The molecule has 1 aliphatic heterocycles. The number of benzene rings is 2. The topological polar surface area (TPSA) is 125 Å². The summed E-state index contributed by atoms with van der Waals surface area (Å²) in [6, 6.07) is 7.14. The van der Waals surface area contributed by atoms with Gasteiger partial charge in [-0.15, -0.1) is 0 Å². The number of anilines is 1. The van der Waals surface area contributed by atoms with Gasteiger partial charge in [-0.25, -0.2) is 13.5 Å². The van der Waals surface area contributed by atoms with Crippen LogP contribution in [-0.4, -0.2) is 53.4 Å². The first-order chi connectivity index (χ1) is 17.5. The van der Waals surface area contributed by atoms with Gasteiger partial charge in [-0.3, -0.25) is 9.59 Å². The minimum atomic E-state index is -4.17. The third kappa shape index (κ3) is 5.80. The van der Waals surface area contributed by atoms with E-state index in [0.29, 0.717) is 11.3 Å². The first kappa shape index (κ1) is 26.7. The van der Waals surface area contributed by atoms with E-state index in [1.54, 1.807) is 31.3 Å². The minimum absolute atomic E-state index is 0.0505. The van der Waals surface area contributed by atoms with E-state index in [4.69, 9.17) is 11.6 Å². The predicted molar refractivity (Wildman–Crippen MR) is 132 cm³/mol. The molecule has 2 atom stereocenters. The molecule has 2 heterocycles. The smallest absolute Gasteiger partial charge is 0.280 e. The Morgan fingerprint density at radius 3 is 2.59 bits per heavy atom. The monoisotopic (exact) mass is 552 g/mol. The maximum Gasteiger partial charge on any atom is 0.280 e. The number of carbonyl (C=O) groups is 2. The Morgan fingerprint density at radius 2 is 1.89 bits per heavy atom. The average molecular weight is 553 g/mol. The normalized spacial score (nSPS) is 19.4. The number of aromatic nitrogens is 2. The van der Waals surface area contributed by atoms with Gasteiger partial charge >= 0.3 is 0 Å². The predicted octanol–water partition coefficient (Wildman–Crippen LogP) is 2.27. The van der Waals surface area contributed by atoms with Crippen molar-refractivity contribution < 1.29 is 26.8 Å². The third-order valence-corrected chi connectivity index (χ3v) is 7.79. The van der Waals surface area contributed by atoms with Crippen LogP contribution in [0, 0.1) is 18.6 Å². The lowest BCUT2D eigenvalue weighted by molar-refractivity contribution is -0.124. The Hall–Kier alpha value is -3.39. The Morgan fingerprint density at radius 1 is 1.16 bits per heavy atom. The highest BCUT2D eigenvalue weighted by Gasteiger charge is 2.42. The Kier molecular flexibility index (Phi) is 7.59. The van der Waals surface area contributed by atoms with Crippen molar-refractivity contribution in [3.8, 4) is 5.69 Å². The van der Waals surface area contributed by atoms with Crippen LogP contribution in [0.3, 0.4) is 0 Å². The van der Waals surface area contributed by atoms with Crippen molar-refractivity contribution in [2.45, 2.75) is 32.0 Å². The van der Waals surface area contributed by atoms with Crippen molar-refractivity contribution in [1.82, 2.24) is 24.1 Å². The van der Waals surface area contributed by atoms with Crippen LogP contribution in [0.5, 0.6) is 0 Å². The zero-order chi connectivity index (χ0) is 26.9. The molecule has 14 heteroatoms. The summed E-state index contributed by atoms with van der Waals surface area (Å²) in [5.41, 5.74) is 1.54. The van der Waals surface area contributed by atoms with E-state index < -0.39 is 45.7 Å². The van der Waals surface area contributed by atoms with Crippen LogP contribution in [0.2, 0.25) is 5.02 Å². The minimum Gasteiger partial charge on any atom is -0.349 e. The van der Waals surface area contributed by atoms with E-state index in [9.17, 15) is 26.8 Å². The van der Waals surface area contributed by atoms with Gasteiger partial charge in [0.2, 0.25) is 11.8 Å². The number of aryl methyl sites for hydroxylation is 1. The number of nitrogens with zero attached hydrogens (tertiary/aromatic N) is 3. The zero-order valence-corrected chi connectivity index (χ0v) is 21.3. The lowest BCUT2D eigenvalue weighted by atomic mass is 10.1. The molecule has 0 bridgehead atoms. The lowest BCUT2D eigenvalue weighted by Gasteiger charge is -2.35. The van der Waals surface area contributed by atoms with Crippen LogP contribution in [-0.2, 0) is 26.3 Å². The van der Waals surface area contributed by atoms with Crippen molar-refractivity contribution in [3.63, 3.8) is 0 Å². The second-order valence-electron chi connectivity index (χ2n) is 8.43. The zero-order valence-electron chi connectivity index (χ0n) is 19.7. The van der Waals surface area contributed by atoms with Gasteiger partial charge in [0, 0.05) is 18.9 Å². The Balaban J connectivity index is 1.45. The number of halogens is 3. The number of nitrogens with one attached hydrogen (secondary N) is 3. The molecule has 3 N–H and O–H groups in total. The molecule has 1 aromatic heterocycles. The second-order valence-corrected chi connectivity index (χ2v) is 10.6. The molecule has 1 saturated heterocycles. The molecule has 0 radical (unpaired) electrons.